The molecule has 0 bridgehead atoms. The third-order valence-corrected chi connectivity index (χ3v) is 3.45. The standard InChI is InChI=1S/C17H20ClNO/c1-3-13-5-8-15(9-6-13)19-12-14-7-10-17(20-4-2)16(18)11-14/h5-11,19H,3-4,12H2,1-2H3. The molecule has 0 aliphatic carbocycles. The van der Waals surface area contributed by atoms with Crippen LogP contribution in [0, 0.1) is 0 Å². The maximum atomic E-state index is 6.18. The van der Waals surface area contributed by atoms with Crippen LogP contribution in [0.4, 0.5) is 5.69 Å². The molecule has 3 heteroatoms. The fraction of sp³-hybridized carbons (Fsp3) is 0.294. The molecule has 0 aromatic heterocycles. The van der Waals surface area contributed by atoms with Crippen LogP contribution in [-0.2, 0) is 13.0 Å². The van der Waals surface area contributed by atoms with E-state index in [1.165, 1.54) is 5.56 Å². The second-order valence-electron chi connectivity index (χ2n) is 4.60. The van der Waals surface area contributed by atoms with E-state index in [2.05, 4.69) is 36.5 Å². The molecule has 20 heavy (non-hydrogen) atoms. The number of hydrogen-bond acceptors (Lipinski definition) is 2. The Bertz CT molecular complexity index is 551. The van der Waals surface area contributed by atoms with E-state index in [9.17, 15) is 0 Å². The Morgan fingerprint density at radius 1 is 1.00 bits per heavy atom. The van der Waals surface area contributed by atoms with Crippen LogP contribution in [0.25, 0.3) is 0 Å². The number of rotatable bonds is 6. The van der Waals surface area contributed by atoms with Crippen LogP contribution in [0.3, 0.4) is 0 Å². The Labute approximate surface area is 125 Å². The summed E-state index contributed by atoms with van der Waals surface area (Å²) in [5, 5.41) is 4.05. The summed E-state index contributed by atoms with van der Waals surface area (Å²) in [6.45, 7) is 5.48. The zero-order valence-electron chi connectivity index (χ0n) is 11.9. The molecule has 0 fully saturated rings. The van der Waals surface area contributed by atoms with Crippen molar-refractivity contribution in [3.05, 3.63) is 58.6 Å². The molecule has 2 rings (SSSR count). The fourth-order valence-corrected chi connectivity index (χ4v) is 2.25. The summed E-state index contributed by atoms with van der Waals surface area (Å²) in [6.07, 6.45) is 1.06. The summed E-state index contributed by atoms with van der Waals surface area (Å²) in [7, 11) is 0. The summed E-state index contributed by atoms with van der Waals surface area (Å²) in [6, 6.07) is 14.4. The average Bonchev–Trinajstić information content (AvgIpc) is 2.48. The minimum Gasteiger partial charge on any atom is -0.492 e. The lowest BCUT2D eigenvalue weighted by Crippen LogP contribution is -2.00. The van der Waals surface area contributed by atoms with Crippen molar-refractivity contribution in [2.45, 2.75) is 26.8 Å². The number of nitrogens with one attached hydrogen (secondary N) is 1. The first-order valence-corrected chi connectivity index (χ1v) is 7.34. The predicted octanol–water partition coefficient (Wildman–Crippen LogP) is 4.91. The van der Waals surface area contributed by atoms with Crippen LogP contribution in [0.2, 0.25) is 5.02 Å². The van der Waals surface area contributed by atoms with Gasteiger partial charge in [-0.2, -0.15) is 0 Å². The number of ether oxygens (including phenoxy) is 1. The van der Waals surface area contributed by atoms with E-state index in [4.69, 9.17) is 16.3 Å². The first-order chi connectivity index (χ1) is 9.72. The summed E-state index contributed by atoms with van der Waals surface area (Å²) < 4.78 is 5.43. The third kappa shape index (κ3) is 3.91. The zero-order chi connectivity index (χ0) is 14.4. The van der Waals surface area contributed by atoms with Crippen molar-refractivity contribution < 1.29 is 4.74 Å². The molecule has 2 aromatic rings. The van der Waals surface area contributed by atoms with Gasteiger partial charge in [-0.15, -0.1) is 0 Å². The van der Waals surface area contributed by atoms with E-state index in [0.29, 0.717) is 11.6 Å². The molecule has 2 nitrogen and oxygen atoms in total. The minimum absolute atomic E-state index is 0.626. The van der Waals surface area contributed by atoms with Crippen molar-refractivity contribution in [1.82, 2.24) is 0 Å². The van der Waals surface area contributed by atoms with Crippen molar-refractivity contribution >= 4 is 17.3 Å². The highest BCUT2D eigenvalue weighted by atomic mass is 35.5. The largest absolute Gasteiger partial charge is 0.492 e. The molecule has 0 aliphatic heterocycles. The Morgan fingerprint density at radius 3 is 2.30 bits per heavy atom. The zero-order valence-corrected chi connectivity index (χ0v) is 12.7. The first kappa shape index (κ1) is 14.7. The predicted molar refractivity (Wildman–Crippen MR) is 85.8 cm³/mol. The van der Waals surface area contributed by atoms with Crippen LogP contribution in [0.1, 0.15) is 25.0 Å². The number of halogens is 1. The van der Waals surface area contributed by atoms with Crippen molar-refractivity contribution in [3.63, 3.8) is 0 Å². The first-order valence-electron chi connectivity index (χ1n) is 6.97. The summed E-state index contributed by atoms with van der Waals surface area (Å²) in [5.74, 6) is 0.741. The highest BCUT2D eigenvalue weighted by Crippen LogP contribution is 2.25. The summed E-state index contributed by atoms with van der Waals surface area (Å²) >= 11 is 6.18. The van der Waals surface area contributed by atoms with E-state index >= 15 is 0 Å². The van der Waals surface area contributed by atoms with Gasteiger partial charge in [0, 0.05) is 12.2 Å². The molecule has 2 aromatic carbocycles. The lowest BCUT2D eigenvalue weighted by Gasteiger charge is -2.10. The van der Waals surface area contributed by atoms with E-state index in [1.807, 2.05) is 25.1 Å². The highest BCUT2D eigenvalue weighted by Gasteiger charge is 2.02. The second kappa shape index (κ2) is 7.20. The van der Waals surface area contributed by atoms with E-state index in [1.54, 1.807) is 0 Å². The van der Waals surface area contributed by atoms with Gasteiger partial charge in [-0.05, 0) is 48.7 Å². The number of anilines is 1. The Balaban J connectivity index is 1.97. The fourth-order valence-electron chi connectivity index (χ4n) is 1.99. The van der Waals surface area contributed by atoms with Crippen LogP contribution < -0.4 is 10.1 Å². The molecule has 0 saturated carbocycles. The molecule has 0 heterocycles. The average molecular weight is 290 g/mol. The smallest absolute Gasteiger partial charge is 0.137 e. The van der Waals surface area contributed by atoms with Crippen molar-refractivity contribution in [2.24, 2.45) is 0 Å². The van der Waals surface area contributed by atoms with Crippen LogP contribution in [0.5, 0.6) is 5.75 Å². The van der Waals surface area contributed by atoms with E-state index in [-0.39, 0.29) is 0 Å². The molecule has 0 unspecified atom stereocenters. The van der Waals surface area contributed by atoms with Crippen LogP contribution in [-0.4, -0.2) is 6.61 Å². The molecule has 0 spiro atoms. The van der Waals surface area contributed by atoms with Gasteiger partial charge in [-0.25, -0.2) is 0 Å². The lowest BCUT2D eigenvalue weighted by molar-refractivity contribution is 0.340. The Kier molecular flexibility index (Phi) is 5.31. The Hall–Kier alpha value is -1.67. The van der Waals surface area contributed by atoms with Crippen LogP contribution in [0.15, 0.2) is 42.5 Å². The molecular formula is C17H20ClNO. The van der Waals surface area contributed by atoms with Gasteiger partial charge in [-0.1, -0.05) is 36.7 Å². The van der Waals surface area contributed by atoms with Gasteiger partial charge in [0.15, 0.2) is 0 Å². The second-order valence-corrected chi connectivity index (χ2v) is 5.01. The highest BCUT2D eigenvalue weighted by molar-refractivity contribution is 6.32. The molecule has 0 atom stereocenters. The van der Waals surface area contributed by atoms with Gasteiger partial charge in [0.25, 0.3) is 0 Å². The Morgan fingerprint density at radius 2 is 1.70 bits per heavy atom. The molecule has 0 saturated heterocycles. The molecule has 0 aliphatic rings. The number of aryl methyl sites for hydroxylation is 1. The quantitative estimate of drug-likeness (QED) is 0.815. The van der Waals surface area contributed by atoms with Crippen molar-refractivity contribution in [1.29, 1.82) is 0 Å². The lowest BCUT2D eigenvalue weighted by atomic mass is 10.1. The van der Waals surface area contributed by atoms with Gasteiger partial charge in [-0.3, -0.25) is 0 Å². The SMILES string of the molecule is CCOc1ccc(CNc2ccc(CC)cc2)cc1Cl. The van der Waals surface area contributed by atoms with Gasteiger partial charge in [0.2, 0.25) is 0 Å². The van der Waals surface area contributed by atoms with Crippen LogP contribution >= 0.6 is 11.6 Å². The number of benzene rings is 2. The van der Waals surface area contributed by atoms with Gasteiger partial charge in [0.1, 0.15) is 5.75 Å². The van der Waals surface area contributed by atoms with E-state index in [0.717, 1.165) is 30.0 Å². The molecule has 0 amide bonds. The van der Waals surface area contributed by atoms with Crippen molar-refractivity contribution in [2.75, 3.05) is 11.9 Å². The normalized spacial score (nSPS) is 10.3. The topological polar surface area (TPSA) is 21.3 Å². The molecule has 0 radical (unpaired) electrons. The van der Waals surface area contributed by atoms with Gasteiger partial charge < -0.3 is 10.1 Å². The molecule has 106 valence electrons. The minimum atomic E-state index is 0.626. The monoisotopic (exact) mass is 289 g/mol. The van der Waals surface area contributed by atoms with Gasteiger partial charge in [0.05, 0.1) is 11.6 Å². The van der Waals surface area contributed by atoms with E-state index < -0.39 is 0 Å². The molecule has 1 N–H and O–H groups in total. The summed E-state index contributed by atoms with van der Waals surface area (Å²) in [4.78, 5) is 0. The maximum Gasteiger partial charge on any atom is 0.137 e. The number of hydrogen-bond donors (Lipinski definition) is 1. The summed E-state index contributed by atoms with van der Waals surface area (Å²) in [5.41, 5.74) is 3.60. The maximum absolute atomic E-state index is 6.18. The third-order valence-electron chi connectivity index (χ3n) is 3.15. The molecular weight excluding hydrogens is 270 g/mol. The van der Waals surface area contributed by atoms with Crippen molar-refractivity contribution in [3.8, 4) is 5.75 Å². The van der Waals surface area contributed by atoms with Gasteiger partial charge >= 0.3 is 0 Å².